The van der Waals surface area contributed by atoms with E-state index in [2.05, 4.69) is 68.3 Å². The van der Waals surface area contributed by atoms with Crippen molar-refractivity contribution in [2.24, 2.45) is 0 Å². The SMILES string of the molecule is Cc1cc(C[N+](C)(C)C)c(C)cc1C[N+](C)(C)C.[Cl-].[Cl-]. The summed E-state index contributed by atoms with van der Waals surface area (Å²) in [5, 5.41) is 0. The fourth-order valence-electron chi connectivity index (χ4n) is 2.30. The largest absolute Gasteiger partial charge is 1.00 e. The molecule has 0 unspecified atom stereocenters. The quantitative estimate of drug-likeness (QED) is 0.511. The monoisotopic (exact) mass is 320 g/mol. The molecule has 0 N–H and O–H groups in total. The lowest BCUT2D eigenvalue weighted by molar-refractivity contribution is -0.884. The molecule has 1 aromatic rings. The van der Waals surface area contributed by atoms with Gasteiger partial charge in [0.15, 0.2) is 0 Å². The third kappa shape index (κ3) is 7.49. The van der Waals surface area contributed by atoms with Gasteiger partial charge in [-0.25, -0.2) is 0 Å². The van der Waals surface area contributed by atoms with Crippen molar-refractivity contribution in [3.05, 3.63) is 34.4 Å². The Hall–Kier alpha value is -0.280. The first-order chi connectivity index (χ1) is 7.98. The minimum atomic E-state index is 0. The van der Waals surface area contributed by atoms with Gasteiger partial charge >= 0.3 is 0 Å². The lowest BCUT2D eigenvalue weighted by Gasteiger charge is -2.27. The van der Waals surface area contributed by atoms with Crippen molar-refractivity contribution in [2.75, 3.05) is 42.3 Å². The van der Waals surface area contributed by atoms with E-state index in [1.54, 1.807) is 0 Å². The number of halogens is 2. The fourth-order valence-corrected chi connectivity index (χ4v) is 2.30. The molecule has 1 aromatic carbocycles. The summed E-state index contributed by atoms with van der Waals surface area (Å²) in [5.74, 6) is 0. The Labute approximate surface area is 137 Å². The molecule has 0 heterocycles. The van der Waals surface area contributed by atoms with E-state index < -0.39 is 0 Å². The zero-order chi connectivity index (χ0) is 14.1. The van der Waals surface area contributed by atoms with E-state index in [1.165, 1.54) is 22.3 Å². The molecule has 2 nitrogen and oxygen atoms in total. The van der Waals surface area contributed by atoms with Crippen LogP contribution in [0.1, 0.15) is 22.3 Å². The van der Waals surface area contributed by atoms with Crippen molar-refractivity contribution in [3.8, 4) is 0 Å². The molecule has 0 aliphatic heterocycles. The minimum Gasteiger partial charge on any atom is -1.00 e. The van der Waals surface area contributed by atoms with Crippen LogP contribution < -0.4 is 24.8 Å². The number of hydrogen-bond acceptors (Lipinski definition) is 0. The lowest BCUT2D eigenvalue weighted by atomic mass is 9.98. The number of nitrogens with zero attached hydrogens (tertiary/aromatic N) is 2. The van der Waals surface area contributed by atoms with Crippen LogP contribution in [0.2, 0.25) is 0 Å². The van der Waals surface area contributed by atoms with Crippen LogP contribution in [-0.4, -0.2) is 51.3 Å². The number of benzene rings is 1. The molecular formula is C16H30Cl2N2. The van der Waals surface area contributed by atoms with Gasteiger partial charge in [0, 0.05) is 11.1 Å². The first-order valence-electron chi connectivity index (χ1n) is 6.68. The van der Waals surface area contributed by atoms with Gasteiger partial charge < -0.3 is 33.8 Å². The normalized spacial score (nSPS) is 11.6. The maximum absolute atomic E-state index is 2.38. The highest BCUT2D eigenvalue weighted by Crippen LogP contribution is 2.20. The fraction of sp³-hybridized carbons (Fsp3) is 0.625. The second kappa shape index (κ2) is 7.65. The molecule has 4 heteroatoms. The van der Waals surface area contributed by atoms with Crippen LogP contribution in [0.3, 0.4) is 0 Å². The van der Waals surface area contributed by atoms with Crippen LogP contribution in [0, 0.1) is 13.8 Å². The predicted octanol–water partition coefficient (Wildman–Crippen LogP) is -3.28. The third-order valence-corrected chi connectivity index (χ3v) is 3.08. The highest BCUT2D eigenvalue weighted by Gasteiger charge is 2.15. The highest BCUT2D eigenvalue weighted by atomic mass is 35.5. The molecule has 0 saturated carbocycles. The molecular weight excluding hydrogens is 291 g/mol. The molecule has 0 aliphatic rings. The van der Waals surface area contributed by atoms with Crippen molar-refractivity contribution in [1.29, 1.82) is 0 Å². The van der Waals surface area contributed by atoms with Gasteiger partial charge in [-0.2, -0.15) is 0 Å². The van der Waals surface area contributed by atoms with E-state index in [4.69, 9.17) is 0 Å². The number of quaternary nitrogens is 2. The number of hydrogen-bond donors (Lipinski definition) is 0. The lowest BCUT2D eigenvalue weighted by Crippen LogP contribution is -3.00. The van der Waals surface area contributed by atoms with Crippen molar-refractivity contribution < 1.29 is 33.8 Å². The molecule has 0 bridgehead atoms. The summed E-state index contributed by atoms with van der Waals surface area (Å²) in [5.41, 5.74) is 5.81. The van der Waals surface area contributed by atoms with Crippen molar-refractivity contribution >= 4 is 0 Å². The van der Waals surface area contributed by atoms with E-state index in [-0.39, 0.29) is 24.8 Å². The van der Waals surface area contributed by atoms with E-state index >= 15 is 0 Å². The van der Waals surface area contributed by atoms with E-state index in [0.29, 0.717) is 0 Å². The average molecular weight is 321 g/mol. The zero-order valence-electron chi connectivity index (χ0n) is 14.2. The van der Waals surface area contributed by atoms with Crippen LogP contribution in [0.5, 0.6) is 0 Å². The van der Waals surface area contributed by atoms with Crippen LogP contribution in [0.4, 0.5) is 0 Å². The molecule has 0 amide bonds. The van der Waals surface area contributed by atoms with Crippen LogP contribution >= 0.6 is 0 Å². The summed E-state index contributed by atoms with van der Waals surface area (Å²) >= 11 is 0. The Kier molecular flexibility index (Phi) is 8.42. The maximum Gasteiger partial charge on any atom is 0.104 e. The number of aryl methyl sites for hydroxylation is 2. The van der Waals surface area contributed by atoms with Gasteiger partial charge in [-0.3, -0.25) is 0 Å². The zero-order valence-corrected chi connectivity index (χ0v) is 15.7. The Morgan fingerprint density at radius 2 is 0.900 bits per heavy atom. The maximum atomic E-state index is 2.38. The third-order valence-electron chi connectivity index (χ3n) is 3.08. The van der Waals surface area contributed by atoms with Gasteiger partial charge in [-0.1, -0.05) is 0 Å². The molecule has 0 aliphatic carbocycles. The van der Waals surface area contributed by atoms with E-state index in [0.717, 1.165) is 22.1 Å². The Morgan fingerprint density at radius 1 is 0.650 bits per heavy atom. The first kappa shape index (κ1) is 22.0. The second-order valence-electron chi connectivity index (χ2n) is 7.60. The molecule has 0 atom stereocenters. The summed E-state index contributed by atoms with van der Waals surface area (Å²) in [6.45, 7) is 6.67. The van der Waals surface area contributed by atoms with Crippen molar-refractivity contribution in [1.82, 2.24) is 0 Å². The molecule has 118 valence electrons. The summed E-state index contributed by atoms with van der Waals surface area (Å²) in [4.78, 5) is 0. The Bertz CT molecular complexity index is 388. The summed E-state index contributed by atoms with van der Waals surface area (Å²) in [6, 6.07) is 4.76. The minimum absolute atomic E-state index is 0. The van der Waals surface area contributed by atoms with Gasteiger partial charge in [0.2, 0.25) is 0 Å². The molecule has 0 fully saturated rings. The molecule has 20 heavy (non-hydrogen) atoms. The predicted molar refractivity (Wildman–Crippen MR) is 79.4 cm³/mol. The standard InChI is InChI=1S/C16H30N2.2ClH/c1-13-9-16(12-18(6,7)8)14(2)10-15(13)11-17(3,4)5;;/h9-10H,11-12H2,1-8H3;2*1H/q+2;;/p-2. The smallest absolute Gasteiger partial charge is 0.104 e. The van der Waals surface area contributed by atoms with Crippen LogP contribution in [0.15, 0.2) is 12.1 Å². The highest BCUT2D eigenvalue weighted by molar-refractivity contribution is 5.36. The molecule has 1 rings (SSSR count). The Balaban J connectivity index is 0. The van der Waals surface area contributed by atoms with Crippen LogP contribution in [0.25, 0.3) is 0 Å². The van der Waals surface area contributed by atoms with Crippen molar-refractivity contribution in [3.63, 3.8) is 0 Å². The molecule has 0 spiro atoms. The first-order valence-corrected chi connectivity index (χ1v) is 6.68. The van der Waals surface area contributed by atoms with E-state index in [1.807, 2.05) is 0 Å². The van der Waals surface area contributed by atoms with Gasteiger partial charge in [0.1, 0.15) is 13.1 Å². The van der Waals surface area contributed by atoms with Gasteiger partial charge in [-0.15, -0.1) is 0 Å². The van der Waals surface area contributed by atoms with Gasteiger partial charge in [0.25, 0.3) is 0 Å². The average Bonchev–Trinajstić information content (AvgIpc) is 2.08. The molecule has 0 saturated heterocycles. The topological polar surface area (TPSA) is 0 Å². The van der Waals surface area contributed by atoms with Gasteiger partial charge in [0.05, 0.1) is 42.3 Å². The number of rotatable bonds is 4. The van der Waals surface area contributed by atoms with Crippen LogP contribution in [-0.2, 0) is 13.1 Å². The molecule has 0 aromatic heterocycles. The van der Waals surface area contributed by atoms with Crippen molar-refractivity contribution in [2.45, 2.75) is 26.9 Å². The summed E-state index contributed by atoms with van der Waals surface area (Å²) in [6.07, 6.45) is 0. The Morgan fingerprint density at radius 3 is 1.10 bits per heavy atom. The second-order valence-corrected chi connectivity index (χ2v) is 7.60. The molecule has 0 radical (unpaired) electrons. The van der Waals surface area contributed by atoms with E-state index in [9.17, 15) is 0 Å². The summed E-state index contributed by atoms with van der Waals surface area (Å²) < 4.78 is 1.96. The summed E-state index contributed by atoms with van der Waals surface area (Å²) in [7, 11) is 13.5. The van der Waals surface area contributed by atoms with Gasteiger partial charge in [-0.05, 0) is 37.1 Å².